The highest BCUT2D eigenvalue weighted by atomic mass is 32.2. The van der Waals surface area contributed by atoms with Crippen LogP contribution < -0.4 is 0 Å². The van der Waals surface area contributed by atoms with Crippen molar-refractivity contribution in [1.29, 1.82) is 0 Å². The Morgan fingerprint density at radius 1 is 1.00 bits per heavy atom. The molecule has 1 saturated heterocycles. The van der Waals surface area contributed by atoms with Crippen LogP contribution in [0.3, 0.4) is 0 Å². The fourth-order valence-corrected chi connectivity index (χ4v) is 3.11. The summed E-state index contributed by atoms with van der Waals surface area (Å²) in [6.07, 6.45) is 7.96. The second kappa shape index (κ2) is 8.44. The zero-order chi connectivity index (χ0) is 14.2. The van der Waals surface area contributed by atoms with Gasteiger partial charge in [-0.1, -0.05) is 27.7 Å². The topological polar surface area (TPSA) is 23.5 Å². The number of aliphatic hydroxyl groups is 1. The largest absolute Gasteiger partial charge is 0.400 e. The molecular weight excluding hydrogens is 242 g/mol. The minimum Gasteiger partial charge on any atom is -0.400 e. The van der Waals surface area contributed by atoms with Crippen molar-refractivity contribution < 1.29 is 5.11 Å². The van der Waals surface area contributed by atoms with E-state index in [2.05, 4.69) is 36.8 Å². The molecule has 0 atom stereocenters. The fourth-order valence-electron chi connectivity index (χ4n) is 2.29. The summed E-state index contributed by atoms with van der Waals surface area (Å²) in [5, 5.41) is 7.00. The van der Waals surface area contributed by atoms with Crippen molar-refractivity contribution in [3.05, 3.63) is 0 Å². The highest BCUT2D eigenvalue weighted by molar-refractivity contribution is 8.00. The molecule has 0 bridgehead atoms. The van der Waals surface area contributed by atoms with Crippen molar-refractivity contribution in [2.24, 2.45) is 5.41 Å². The number of piperidine rings is 1. The molecule has 0 aromatic heterocycles. The number of likely N-dealkylation sites (tertiary alicyclic amines) is 1. The van der Waals surface area contributed by atoms with Gasteiger partial charge in [-0.15, -0.1) is 0 Å². The normalized spacial score (nSPS) is 24.2. The third-order valence-electron chi connectivity index (χ3n) is 3.96. The predicted octanol–water partition coefficient (Wildman–Crippen LogP) is 3.64. The summed E-state index contributed by atoms with van der Waals surface area (Å²) in [6, 6.07) is 0. The molecule has 0 aromatic rings. The average Bonchev–Trinajstić information content (AvgIpc) is 3.17. The molecule has 3 heteroatoms. The van der Waals surface area contributed by atoms with Crippen LogP contribution in [-0.2, 0) is 0 Å². The Labute approximate surface area is 119 Å². The monoisotopic (exact) mass is 275 g/mol. The summed E-state index contributed by atoms with van der Waals surface area (Å²) in [7, 11) is 1.00. The third kappa shape index (κ3) is 5.94. The van der Waals surface area contributed by atoms with E-state index in [1.165, 1.54) is 45.3 Å². The quantitative estimate of drug-likeness (QED) is 0.850. The van der Waals surface area contributed by atoms with E-state index in [1.807, 2.05) is 13.8 Å². The minimum absolute atomic E-state index is 0.604. The number of nitrogens with zero attached hydrogens (tertiary/aromatic N) is 1. The third-order valence-corrected chi connectivity index (χ3v) is 5.37. The summed E-state index contributed by atoms with van der Waals surface area (Å²) in [5.74, 6) is 0. The number of thioether (sulfide) groups is 1. The van der Waals surface area contributed by atoms with Crippen LogP contribution in [-0.4, -0.2) is 47.8 Å². The molecular formula is C15H33NOS. The summed E-state index contributed by atoms with van der Waals surface area (Å²) in [6.45, 7) is 12.8. The van der Waals surface area contributed by atoms with Gasteiger partial charge in [-0.05, 0) is 50.4 Å². The van der Waals surface area contributed by atoms with E-state index < -0.39 is 0 Å². The van der Waals surface area contributed by atoms with E-state index in [4.69, 9.17) is 5.11 Å². The number of aliphatic hydroxyl groups excluding tert-OH is 1. The Bertz CT molecular complexity index is 205. The van der Waals surface area contributed by atoms with Crippen molar-refractivity contribution in [2.75, 3.05) is 33.0 Å². The molecule has 2 fully saturated rings. The van der Waals surface area contributed by atoms with Crippen molar-refractivity contribution >= 4 is 11.8 Å². The Morgan fingerprint density at radius 3 is 1.78 bits per heavy atom. The first-order valence-corrected chi connectivity index (χ1v) is 8.50. The van der Waals surface area contributed by atoms with E-state index in [1.54, 1.807) is 0 Å². The number of hydrogen-bond acceptors (Lipinski definition) is 3. The molecule has 2 aliphatic rings. The summed E-state index contributed by atoms with van der Waals surface area (Å²) < 4.78 is 0.668. The highest BCUT2D eigenvalue weighted by Gasteiger charge is 2.43. The van der Waals surface area contributed by atoms with Crippen LogP contribution >= 0.6 is 11.8 Å². The van der Waals surface area contributed by atoms with Crippen molar-refractivity contribution in [3.63, 3.8) is 0 Å². The average molecular weight is 276 g/mol. The fraction of sp³-hybridized carbons (Fsp3) is 1.00. The van der Waals surface area contributed by atoms with Crippen LogP contribution in [0.5, 0.6) is 0 Å². The van der Waals surface area contributed by atoms with Crippen molar-refractivity contribution in [1.82, 2.24) is 4.90 Å². The van der Waals surface area contributed by atoms with Gasteiger partial charge in [-0.2, -0.15) is 11.8 Å². The molecule has 1 heterocycles. The summed E-state index contributed by atoms with van der Waals surface area (Å²) in [5.41, 5.74) is 0.604. The molecule has 0 spiro atoms. The van der Waals surface area contributed by atoms with Crippen LogP contribution in [0, 0.1) is 5.41 Å². The second-order valence-corrected chi connectivity index (χ2v) is 7.10. The van der Waals surface area contributed by atoms with Gasteiger partial charge in [0.25, 0.3) is 0 Å². The van der Waals surface area contributed by atoms with Crippen LogP contribution in [0.2, 0.25) is 0 Å². The smallest absolute Gasteiger partial charge is 0.0319 e. The van der Waals surface area contributed by atoms with Crippen LogP contribution in [0.4, 0.5) is 0 Å². The Balaban J connectivity index is 0.000000659. The van der Waals surface area contributed by atoms with Gasteiger partial charge >= 0.3 is 0 Å². The first-order chi connectivity index (χ1) is 8.55. The molecule has 18 heavy (non-hydrogen) atoms. The van der Waals surface area contributed by atoms with E-state index in [0.29, 0.717) is 10.2 Å². The maximum atomic E-state index is 7.00. The van der Waals surface area contributed by atoms with Gasteiger partial charge < -0.3 is 10.0 Å². The SMILES string of the molecule is CC.CO.CSC1(CN2CCC(C)(C)CC2)CC1. The lowest BCUT2D eigenvalue weighted by Gasteiger charge is -2.38. The molecule has 1 aliphatic carbocycles. The first kappa shape index (κ1) is 18.3. The van der Waals surface area contributed by atoms with E-state index >= 15 is 0 Å². The highest BCUT2D eigenvalue weighted by Crippen LogP contribution is 2.48. The first-order valence-electron chi connectivity index (χ1n) is 7.28. The molecule has 1 N–H and O–H groups in total. The molecule has 0 aromatic carbocycles. The molecule has 110 valence electrons. The van der Waals surface area contributed by atoms with Gasteiger partial charge in [-0.3, -0.25) is 0 Å². The van der Waals surface area contributed by atoms with E-state index in [9.17, 15) is 0 Å². The summed E-state index contributed by atoms with van der Waals surface area (Å²) >= 11 is 2.09. The van der Waals surface area contributed by atoms with E-state index in [-0.39, 0.29) is 0 Å². The molecule has 0 unspecified atom stereocenters. The van der Waals surface area contributed by atoms with Crippen molar-refractivity contribution in [2.45, 2.75) is 58.1 Å². The lowest BCUT2D eigenvalue weighted by atomic mass is 9.82. The molecule has 2 rings (SSSR count). The molecule has 1 aliphatic heterocycles. The van der Waals surface area contributed by atoms with E-state index in [0.717, 1.165) is 7.11 Å². The van der Waals surface area contributed by atoms with Gasteiger partial charge in [0.05, 0.1) is 0 Å². The molecule has 0 amide bonds. The van der Waals surface area contributed by atoms with Crippen LogP contribution in [0.1, 0.15) is 53.4 Å². The Hall–Kier alpha value is 0.270. The van der Waals surface area contributed by atoms with Crippen LogP contribution in [0.15, 0.2) is 0 Å². The predicted molar refractivity (Wildman–Crippen MR) is 84.4 cm³/mol. The number of rotatable bonds is 3. The molecule has 2 nitrogen and oxygen atoms in total. The van der Waals surface area contributed by atoms with Gasteiger partial charge in [0.2, 0.25) is 0 Å². The second-order valence-electron chi connectivity index (χ2n) is 5.83. The molecule has 1 saturated carbocycles. The lowest BCUT2D eigenvalue weighted by molar-refractivity contribution is 0.131. The Morgan fingerprint density at radius 2 is 1.44 bits per heavy atom. The minimum atomic E-state index is 0.604. The van der Waals surface area contributed by atoms with Gasteiger partial charge in [0, 0.05) is 18.4 Å². The Kier molecular flexibility index (Phi) is 8.57. The zero-order valence-corrected chi connectivity index (χ0v) is 14.1. The van der Waals surface area contributed by atoms with Gasteiger partial charge in [0.15, 0.2) is 0 Å². The van der Waals surface area contributed by atoms with Gasteiger partial charge in [0.1, 0.15) is 0 Å². The standard InChI is InChI=1S/C12H23NS.C2H6.CH4O/c1-11(2)6-8-13(9-7-11)10-12(14-3)4-5-12;2*1-2/h4-10H2,1-3H3;1-2H3;2H,1H3. The maximum Gasteiger partial charge on any atom is 0.0319 e. The molecule has 0 radical (unpaired) electrons. The maximum absolute atomic E-state index is 7.00. The lowest BCUT2D eigenvalue weighted by Crippen LogP contribution is -2.41. The summed E-state index contributed by atoms with van der Waals surface area (Å²) in [4.78, 5) is 2.69. The van der Waals surface area contributed by atoms with Crippen molar-refractivity contribution in [3.8, 4) is 0 Å². The van der Waals surface area contributed by atoms with Crippen LogP contribution in [0.25, 0.3) is 0 Å². The van der Waals surface area contributed by atoms with Gasteiger partial charge in [-0.25, -0.2) is 0 Å². The zero-order valence-electron chi connectivity index (χ0n) is 13.3. The number of hydrogen-bond donors (Lipinski definition) is 1.